The molecule has 0 fully saturated rings. The normalized spacial score (nSPS) is 11.3. The molecule has 0 spiro atoms. The van der Waals surface area contributed by atoms with E-state index < -0.39 is 16.0 Å². The van der Waals surface area contributed by atoms with E-state index in [-0.39, 0.29) is 0 Å². The van der Waals surface area contributed by atoms with Crippen molar-refractivity contribution in [2.45, 2.75) is 0 Å². The Morgan fingerprint density at radius 3 is 2.37 bits per heavy atom. The van der Waals surface area contributed by atoms with Crippen LogP contribution in [0.25, 0.3) is 11.3 Å². The highest BCUT2D eigenvalue weighted by atomic mass is 32.2. The van der Waals surface area contributed by atoms with Crippen LogP contribution in [0.15, 0.2) is 30.5 Å². The smallest absolute Gasteiger partial charge is 0.337 e. The molecule has 0 saturated heterocycles. The van der Waals surface area contributed by atoms with Crippen LogP contribution in [-0.2, 0) is 14.8 Å². The van der Waals surface area contributed by atoms with Crippen molar-refractivity contribution in [2.24, 2.45) is 0 Å². The Kier molecular flexibility index (Phi) is 3.34. The second-order valence-corrected chi connectivity index (χ2v) is 5.65. The Bertz CT molecular complexity index is 704. The molecule has 8 heteroatoms. The van der Waals surface area contributed by atoms with Crippen molar-refractivity contribution in [1.82, 2.24) is 14.4 Å². The number of benzene rings is 1. The highest BCUT2D eigenvalue weighted by Crippen LogP contribution is 2.17. The third-order valence-corrected chi connectivity index (χ3v) is 3.27. The Hall–Kier alpha value is -2.22. The first-order chi connectivity index (χ1) is 8.91. The average molecular weight is 281 g/mol. The van der Waals surface area contributed by atoms with Crippen LogP contribution in [0.4, 0.5) is 0 Å². The lowest BCUT2D eigenvalue weighted by Crippen LogP contribution is -2.10. The summed E-state index contributed by atoms with van der Waals surface area (Å²) in [5, 5.41) is 7.29. The van der Waals surface area contributed by atoms with Crippen molar-refractivity contribution in [3.63, 3.8) is 0 Å². The lowest BCUT2D eigenvalue weighted by Gasteiger charge is -2.00. The predicted octanol–water partition coefficient (Wildman–Crippen LogP) is 0.539. The van der Waals surface area contributed by atoms with Gasteiger partial charge in [0, 0.05) is 5.56 Å². The van der Waals surface area contributed by atoms with E-state index in [2.05, 4.69) is 15.0 Å². The van der Waals surface area contributed by atoms with Gasteiger partial charge in [-0.1, -0.05) is 17.3 Å². The lowest BCUT2D eigenvalue weighted by molar-refractivity contribution is 0.0600. The van der Waals surface area contributed by atoms with Crippen molar-refractivity contribution in [1.29, 1.82) is 0 Å². The molecule has 0 amide bonds. The van der Waals surface area contributed by atoms with E-state index in [1.54, 1.807) is 24.3 Å². The zero-order valence-electron chi connectivity index (χ0n) is 10.3. The number of aromatic nitrogens is 3. The topological polar surface area (TPSA) is 91.2 Å². The maximum Gasteiger partial charge on any atom is 0.337 e. The van der Waals surface area contributed by atoms with Gasteiger partial charge in [0.15, 0.2) is 0 Å². The Morgan fingerprint density at radius 2 is 1.89 bits per heavy atom. The summed E-state index contributed by atoms with van der Waals surface area (Å²) in [4.78, 5) is 11.3. The van der Waals surface area contributed by atoms with Gasteiger partial charge in [0.2, 0.25) is 0 Å². The fraction of sp³-hybridized carbons (Fsp3) is 0.182. The molecule has 0 N–H and O–H groups in total. The quantitative estimate of drug-likeness (QED) is 0.762. The van der Waals surface area contributed by atoms with Crippen LogP contribution in [-0.4, -0.2) is 42.2 Å². The zero-order chi connectivity index (χ0) is 14.0. The first kappa shape index (κ1) is 13.2. The van der Waals surface area contributed by atoms with Gasteiger partial charge in [0.25, 0.3) is 10.0 Å². The Morgan fingerprint density at radius 1 is 1.26 bits per heavy atom. The molecule has 0 bridgehead atoms. The molecule has 0 saturated carbocycles. The van der Waals surface area contributed by atoms with Crippen molar-refractivity contribution < 1.29 is 17.9 Å². The number of nitrogens with zero attached hydrogens (tertiary/aromatic N) is 3. The van der Waals surface area contributed by atoms with E-state index in [1.165, 1.54) is 13.3 Å². The van der Waals surface area contributed by atoms with Crippen LogP contribution in [0.3, 0.4) is 0 Å². The standard InChI is InChI=1S/C11H11N3O4S/c1-18-11(15)9-5-3-8(4-6-9)10-7-14(13-12-10)19(2,16)17/h3-7H,1-2H3. The molecule has 2 rings (SSSR count). The van der Waals surface area contributed by atoms with E-state index in [4.69, 9.17) is 0 Å². The second kappa shape index (κ2) is 4.81. The molecule has 1 aromatic carbocycles. The molecule has 0 aliphatic heterocycles. The number of carbonyl (C=O) groups excluding carboxylic acids is 1. The molecule has 0 aliphatic rings. The molecular weight excluding hydrogens is 270 g/mol. The van der Waals surface area contributed by atoms with Gasteiger partial charge in [0.05, 0.1) is 25.1 Å². The molecule has 0 aliphatic carbocycles. The molecule has 100 valence electrons. The van der Waals surface area contributed by atoms with Crippen LogP contribution in [0.5, 0.6) is 0 Å². The maximum absolute atomic E-state index is 11.3. The number of carbonyl (C=O) groups is 1. The highest BCUT2D eigenvalue weighted by Gasteiger charge is 2.11. The van der Waals surface area contributed by atoms with E-state index in [0.29, 0.717) is 16.8 Å². The molecule has 7 nitrogen and oxygen atoms in total. The fourth-order valence-electron chi connectivity index (χ4n) is 1.44. The molecule has 1 heterocycles. The summed E-state index contributed by atoms with van der Waals surface area (Å²) in [5.74, 6) is -0.439. The molecule has 19 heavy (non-hydrogen) atoms. The van der Waals surface area contributed by atoms with E-state index >= 15 is 0 Å². The number of ether oxygens (including phenoxy) is 1. The van der Waals surface area contributed by atoms with Crippen molar-refractivity contribution in [3.8, 4) is 11.3 Å². The number of hydrogen-bond donors (Lipinski definition) is 0. The van der Waals surface area contributed by atoms with Gasteiger partial charge < -0.3 is 4.74 Å². The van der Waals surface area contributed by atoms with Gasteiger partial charge in [-0.15, -0.1) is 9.19 Å². The summed E-state index contributed by atoms with van der Waals surface area (Å²) in [6.07, 6.45) is 2.34. The summed E-state index contributed by atoms with van der Waals surface area (Å²) in [7, 11) is -2.15. The minimum absolute atomic E-state index is 0.404. The predicted molar refractivity (Wildman–Crippen MR) is 67.0 cm³/mol. The molecule has 2 aromatic rings. The SMILES string of the molecule is COC(=O)c1ccc(-c2cn(S(C)(=O)=O)nn2)cc1. The van der Waals surface area contributed by atoms with Crippen molar-refractivity contribution in [2.75, 3.05) is 13.4 Å². The number of rotatable bonds is 3. The summed E-state index contributed by atoms with van der Waals surface area (Å²) in [5.41, 5.74) is 1.46. The molecule has 1 aromatic heterocycles. The highest BCUT2D eigenvalue weighted by molar-refractivity contribution is 7.89. The number of methoxy groups -OCH3 is 1. The first-order valence-corrected chi connectivity index (χ1v) is 7.08. The van der Waals surface area contributed by atoms with Gasteiger partial charge in [0.1, 0.15) is 5.69 Å². The van der Waals surface area contributed by atoms with Gasteiger partial charge in [-0.3, -0.25) is 0 Å². The monoisotopic (exact) mass is 281 g/mol. The third kappa shape index (κ3) is 2.79. The number of esters is 1. The first-order valence-electron chi connectivity index (χ1n) is 5.23. The molecular formula is C11H11N3O4S. The van der Waals surface area contributed by atoms with Crippen molar-refractivity contribution >= 4 is 16.0 Å². The fourth-order valence-corrected chi connectivity index (χ4v) is 1.90. The Labute approximate surface area is 109 Å². The molecule has 0 unspecified atom stereocenters. The van der Waals surface area contributed by atoms with Gasteiger partial charge in [-0.25, -0.2) is 13.2 Å². The summed E-state index contributed by atoms with van der Waals surface area (Å²) < 4.78 is 27.9. The summed E-state index contributed by atoms with van der Waals surface area (Å²) in [6.45, 7) is 0. The van der Waals surface area contributed by atoms with Gasteiger partial charge >= 0.3 is 5.97 Å². The zero-order valence-corrected chi connectivity index (χ0v) is 11.1. The third-order valence-electron chi connectivity index (χ3n) is 2.41. The van der Waals surface area contributed by atoms with E-state index in [0.717, 1.165) is 10.3 Å². The van der Waals surface area contributed by atoms with Crippen LogP contribution in [0.2, 0.25) is 0 Å². The lowest BCUT2D eigenvalue weighted by atomic mass is 10.1. The molecule has 0 radical (unpaired) electrons. The van der Waals surface area contributed by atoms with Crippen LogP contribution < -0.4 is 0 Å². The summed E-state index contributed by atoms with van der Waals surface area (Å²) >= 11 is 0. The van der Waals surface area contributed by atoms with Crippen LogP contribution in [0.1, 0.15) is 10.4 Å². The van der Waals surface area contributed by atoms with Crippen molar-refractivity contribution in [3.05, 3.63) is 36.0 Å². The average Bonchev–Trinajstić information content (AvgIpc) is 2.87. The van der Waals surface area contributed by atoms with Gasteiger partial charge in [-0.05, 0) is 12.1 Å². The summed E-state index contributed by atoms with van der Waals surface area (Å²) in [6, 6.07) is 6.42. The number of hydrogen-bond acceptors (Lipinski definition) is 6. The Balaban J connectivity index is 2.33. The van der Waals surface area contributed by atoms with E-state index in [1.807, 2.05) is 0 Å². The van der Waals surface area contributed by atoms with Gasteiger partial charge in [-0.2, -0.15) is 0 Å². The van der Waals surface area contributed by atoms with Crippen LogP contribution in [0, 0.1) is 0 Å². The second-order valence-electron chi connectivity index (χ2n) is 3.81. The molecule has 0 atom stereocenters. The van der Waals surface area contributed by atoms with E-state index in [9.17, 15) is 13.2 Å². The van der Waals surface area contributed by atoms with Crippen LogP contribution >= 0.6 is 0 Å². The largest absolute Gasteiger partial charge is 0.465 e. The maximum atomic E-state index is 11.3. The minimum atomic E-state index is -3.45. The minimum Gasteiger partial charge on any atom is -0.465 e.